The van der Waals surface area contributed by atoms with Crippen molar-refractivity contribution in [3.05, 3.63) is 71.3 Å². The predicted molar refractivity (Wildman–Crippen MR) is 124 cm³/mol. The Morgan fingerprint density at radius 1 is 1.21 bits per heavy atom. The Bertz CT molecular complexity index is 1180. The Morgan fingerprint density at radius 2 is 1.94 bits per heavy atom. The van der Waals surface area contributed by atoms with E-state index in [2.05, 4.69) is 4.98 Å². The SMILES string of the molecule is CC(O)[C@@H]1CCCC[C@H]1N(Cc1ccc(-c2ncco2)cc1F)S(=O)(=O)c1ccc(Cl)cc1. The van der Waals surface area contributed by atoms with E-state index in [1.54, 1.807) is 19.1 Å². The highest BCUT2D eigenvalue weighted by Gasteiger charge is 2.39. The second-order valence-electron chi connectivity index (χ2n) is 8.40. The van der Waals surface area contributed by atoms with E-state index in [9.17, 15) is 13.5 Å². The molecule has 1 fully saturated rings. The lowest BCUT2D eigenvalue weighted by atomic mass is 9.81. The highest BCUT2D eigenvalue weighted by atomic mass is 35.5. The number of aliphatic hydroxyl groups excluding tert-OH is 1. The quantitative estimate of drug-likeness (QED) is 0.486. The minimum absolute atomic E-state index is 0.0821. The van der Waals surface area contributed by atoms with Crippen molar-refractivity contribution >= 4 is 21.6 Å². The molecule has 9 heteroatoms. The van der Waals surface area contributed by atoms with E-state index in [0.717, 1.165) is 12.8 Å². The lowest BCUT2D eigenvalue weighted by Crippen LogP contribution is -2.48. The maximum Gasteiger partial charge on any atom is 0.243 e. The van der Waals surface area contributed by atoms with Crippen molar-refractivity contribution in [3.63, 3.8) is 0 Å². The number of nitrogens with zero attached hydrogens (tertiary/aromatic N) is 2. The number of sulfonamides is 1. The van der Waals surface area contributed by atoms with E-state index >= 15 is 4.39 Å². The number of hydrogen-bond donors (Lipinski definition) is 1. The fourth-order valence-electron chi connectivity index (χ4n) is 4.53. The molecule has 1 saturated carbocycles. The van der Waals surface area contributed by atoms with Crippen LogP contribution in [-0.2, 0) is 16.6 Å². The molecule has 0 bridgehead atoms. The summed E-state index contributed by atoms with van der Waals surface area (Å²) in [7, 11) is -3.99. The summed E-state index contributed by atoms with van der Waals surface area (Å²) < 4.78 is 49.2. The van der Waals surface area contributed by atoms with Gasteiger partial charge in [0.1, 0.15) is 12.1 Å². The van der Waals surface area contributed by atoms with Gasteiger partial charge in [0.2, 0.25) is 15.9 Å². The third-order valence-corrected chi connectivity index (χ3v) is 8.39. The average Bonchev–Trinajstić information content (AvgIpc) is 3.33. The molecule has 1 heterocycles. The van der Waals surface area contributed by atoms with Gasteiger partial charge in [0.25, 0.3) is 0 Å². The van der Waals surface area contributed by atoms with E-state index < -0.39 is 28.0 Å². The first-order chi connectivity index (χ1) is 15.8. The van der Waals surface area contributed by atoms with Crippen LogP contribution in [0.25, 0.3) is 11.5 Å². The fraction of sp³-hybridized carbons (Fsp3) is 0.375. The van der Waals surface area contributed by atoms with Crippen LogP contribution in [0.1, 0.15) is 38.2 Å². The lowest BCUT2D eigenvalue weighted by molar-refractivity contribution is 0.0489. The van der Waals surface area contributed by atoms with Crippen LogP contribution in [0.4, 0.5) is 4.39 Å². The Kier molecular flexibility index (Phi) is 7.19. The number of rotatable bonds is 7. The monoisotopic (exact) mass is 492 g/mol. The second-order valence-corrected chi connectivity index (χ2v) is 10.7. The summed E-state index contributed by atoms with van der Waals surface area (Å²) in [6.45, 7) is 1.53. The molecule has 0 radical (unpaired) electrons. The van der Waals surface area contributed by atoms with Gasteiger partial charge in [-0.15, -0.1) is 0 Å². The van der Waals surface area contributed by atoms with E-state index in [-0.39, 0.29) is 28.8 Å². The molecule has 0 amide bonds. The highest BCUT2D eigenvalue weighted by Crippen LogP contribution is 2.36. The third kappa shape index (κ3) is 5.14. The minimum atomic E-state index is -3.99. The van der Waals surface area contributed by atoms with Gasteiger partial charge in [0.15, 0.2) is 0 Å². The first-order valence-electron chi connectivity index (χ1n) is 10.9. The number of aromatic nitrogens is 1. The molecule has 1 N–H and O–H groups in total. The number of halogens is 2. The first-order valence-corrected chi connectivity index (χ1v) is 12.7. The number of oxazole rings is 1. The molecule has 3 atom stereocenters. The molecule has 1 aromatic heterocycles. The Labute approximate surface area is 198 Å². The minimum Gasteiger partial charge on any atom is -0.445 e. The molecule has 1 unspecified atom stereocenters. The molecule has 4 rings (SSSR count). The Hall–Kier alpha value is -2.26. The van der Waals surface area contributed by atoms with Gasteiger partial charge >= 0.3 is 0 Å². The molecule has 176 valence electrons. The summed E-state index contributed by atoms with van der Waals surface area (Å²) >= 11 is 5.96. The van der Waals surface area contributed by atoms with Gasteiger partial charge in [-0.2, -0.15) is 4.31 Å². The van der Waals surface area contributed by atoms with Gasteiger partial charge in [0, 0.05) is 34.7 Å². The predicted octanol–water partition coefficient (Wildman–Crippen LogP) is 5.26. The van der Waals surface area contributed by atoms with Crippen molar-refractivity contribution in [3.8, 4) is 11.5 Å². The standard InChI is InChI=1S/C24H26ClFN2O4S/c1-16(29)21-4-2-3-5-23(21)28(33(30,31)20-10-8-19(25)9-11-20)15-18-7-6-17(14-22(18)26)24-27-12-13-32-24/h6-14,16,21,23,29H,2-5,15H2,1H3/t16?,21-,23+/m0/s1. The van der Waals surface area contributed by atoms with Crippen molar-refractivity contribution < 1.29 is 22.3 Å². The fourth-order valence-corrected chi connectivity index (χ4v) is 6.33. The van der Waals surface area contributed by atoms with E-state index in [4.69, 9.17) is 16.0 Å². The molecule has 6 nitrogen and oxygen atoms in total. The average molecular weight is 493 g/mol. The molecule has 2 aromatic carbocycles. The Morgan fingerprint density at radius 3 is 2.58 bits per heavy atom. The van der Waals surface area contributed by atoms with Crippen molar-refractivity contribution in [1.82, 2.24) is 9.29 Å². The number of benzene rings is 2. The van der Waals surface area contributed by atoms with Gasteiger partial charge in [-0.05, 0) is 56.2 Å². The van der Waals surface area contributed by atoms with Gasteiger partial charge in [-0.1, -0.05) is 30.5 Å². The van der Waals surface area contributed by atoms with Crippen LogP contribution in [0.2, 0.25) is 5.02 Å². The normalized spacial score (nSPS) is 20.2. The third-order valence-electron chi connectivity index (χ3n) is 6.25. The van der Waals surface area contributed by atoms with Crippen LogP contribution < -0.4 is 0 Å². The van der Waals surface area contributed by atoms with Crippen molar-refractivity contribution in [2.75, 3.05) is 0 Å². The summed E-state index contributed by atoms with van der Waals surface area (Å²) in [5, 5.41) is 10.8. The molecular formula is C24H26ClFN2O4S. The summed E-state index contributed by atoms with van der Waals surface area (Å²) in [4.78, 5) is 4.11. The van der Waals surface area contributed by atoms with Crippen LogP contribution in [0, 0.1) is 11.7 Å². The van der Waals surface area contributed by atoms with E-state index in [1.165, 1.54) is 47.1 Å². The molecule has 3 aromatic rings. The van der Waals surface area contributed by atoms with Crippen LogP contribution >= 0.6 is 11.6 Å². The smallest absolute Gasteiger partial charge is 0.243 e. The van der Waals surface area contributed by atoms with Gasteiger partial charge in [0.05, 0.1) is 17.2 Å². The zero-order valence-corrected chi connectivity index (χ0v) is 19.8. The zero-order valence-electron chi connectivity index (χ0n) is 18.2. The summed E-state index contributed by atoms with van der Waals surface area (Å²) in [6, 6.07) is 9.99. The molecular weight excluding hydrogens is 467 g/mol. The molecule has 33 heavy (non-hydrogen) atoms. The number of hydrogen-bond acceptors (Lipinski definition) is 5. The summed E-state index contributed by atoms with van der Waals surface area (Å²) in [5.74, 6) is -0.505. The van der Waals surface area contributed by atoms with Crippen molar-refractivity contribution in [1.29, 1.82) is 0 Å². The first kappa shape index (κ1) is 23.9. The van der Waals surface area contributed by atoms with Crippen molar-refractivity contribution in [2.45, 2.75) is 56.2 Å². The van der Waals surface area contributed by atoms with Crippen LogP contribution in [0.5, 0.6) is 0 Å². The van der Waals surface area contributed by atoms with Gasteiger partial charge in [-0.25, -0.2) is 17.8 Å². The van der Waals surface area contributed by atoms with E-state index in [1.807, 2.05) is 0 Å². The van der Waals surface area contributed by atoms with Crippen molar-refractivity contribution in [2.24, 2.45) is 5.92 Å². The molecule has 1 aliphatic rings. The highest BCUT2D eigenvalue weighted by molar-refractivity contribution is 7.89. The molecule has 0 aliphatic heterocycles. The molecule has 0 spiro atoms. The van der Waals surface area contributed by atoms with Crippen LogP contribution in [-0.4, -0.2) is 35.0 Å². The van der Waals surface area contributed by atoms with Crippen LogP contribution in [0.3, 0.4) is 0 Å². The zero-order chi connectivity index (χ0) is 23.6. The summed E-state index contributed by atoms with van der Waals surface area (Å²) in [6.07, 6.45) is 5.25. The van der Waals surface area contributed by atoms with E-state index in [0.29, 0.717) is 23.4 Å². The number of aliphatic hydroxyl groups is 1. The second kappa shape index (κ2) is 9.93. The molecule has 1 aliphatic carbocycles. The maximum atomic E-state index is 15.1. The maximum absolute atomic E-state index is 15.1. The van der Waals surface area contributed by atoms with Gasteiger partial charge in [-0.3, -0.25) is 0 Å². The topological polar surface area (TPSA) is 83.6 Å². The van der Waals surface area contributed by atoms with Crippen LogP contribution in [0.15, 0.2) is 64.2 Å². The summed E-state index contributed by atoms with van der Waals surface area (Å²) in [5.41, 5.74) is 0.700. The largest absolute Gasteiger partial charge is 0.445 e. The lowest BCUT2D eigenvalue weighted by Gasteiger charge is -2.40. The molecule has 0 saturated heterocycles. The van der Waals surface area contributed by atoms with Gasteiger partial charge < -0.3 is 9.52 Å². The Balaban J connectivity index is 1.73.